The van der Waals surface area contributed by atoms with Crippen molar-refractivity contribution < 1.29 is 19.1 Å². The maximum absolute atomic E-state index is 13.7. The molecular weight excluding hydrogens is 583 g/mol. The van der Waals surface area contributed by atoms with E-state index in [4.69, 9.17) is 22.1 Å². The van der Waals surface area contributed by atoms with E-state index < -0.39 is 27.2 Å². The molecule has 0 fully saturated rings. The molecule has 0 aliphatic heterocycles. The fourth-order valence-electron chi connectivity index (χ4n) is 3.89. The van der Waals surface area contributed by atoms with E-state index in [0.717, 1.165) is 82.8 Å². The van der Waals surface area contributed by atoms with E-state index in [9.17, 15) is 9.59 Å². The summed E-state index contributed by atoms with van der Waals surface area (Å²) in [5.41, 5.74) is 0. The van der Waals surface area contributed by atoms with Crippen LogP contribution >= 0.6 is 24.4 Å². The quantitative estimate of drug-likeness (QED) is 0.0535. The van der Waals surface area contributed by atoms with Crippen LogP contribution in [0.3, 0.4) is 0 Å². The van der Waals surface area contributed by atoms with Crippen molar-refractivity contribution in [1.82, 2.24) is 0 Å². The van der Waals surface area contributed by atoms with Gasteiger partial charge in [-0.05, 0) is 0 Å². The van der Waals surface area contributed by atoms with Crippen LogP contribution in [0.15, 0.2) is 0 Å². The van der Waals surface area contributed by atoms with Gasteiger partial charge in [-0.15, -0.1) is 0 Å². The molecule has 0 N–H and O–H groups in total. The normalized spacial score (nSPS) is 15.7. The molecule has 35 heavy (non-hydrogen) atoms. The van der Waals surface area contributed by atoms with Crippen LogP contribution in [0.5, 0.6) is 0 Å². The van der Waals surface area contributed by atoms with Gasteiger partial charge in [-0.2, -0.15) is 0 Å². The fraction of sp³-hybridized carbons (Fsp3) is 0.929. The van der Waals surface area contributed by atoms with Crippen molar-refractivity contribution in [2.45, 2.75) is 131 Å². The first-order valence-electron chi connectivity index (χ1n) is 14.3. The van der Waals surface area contributed by atoms with E-state index in [0.29, 0.717) is 25.0 Å². The molecule has 0 amide bonds. The van der Waals surface area contributed by atoms with Crippen LogP contribution in [0.1, 0.15) is 125 Å². The van der Waals surface area contributed by atoms with Gasteiger partial charge in [0.2, 0.25) is 0 Å². The van der Waals surface area contributed by atoms with Crippen LogP contribution in [0.4, 0.5) is 0 Å². The summed E-state index contributed by atoms with van der Waals surface area (Å²) in [6.07, 6.45) is 13.8. The number of unbranched alkanes of at least 4 members (excludes halogenated alkanes) is 4. The minimum atomic E-state index is -1.62. The van der Waals surface area contributed by atoms with Gasteiger partial charge in [-0.3, -0.25) is 0 Å². The third-order valence-electron chi connectivity index (χ3n) is 6.65. The molecular formula is C28H54O4S2Sn. The molecule has 0 aromatic heterocycles. The standard InChI is InChI=1S/C18H35O2S.C10H19O2S.Sn/c1-5-9-12-16(8-4)15-20-18(19)17(13-10-6-2)21-14-11-7-3;1-3-5-6-9(4-2)7-12-10(11)8-13;/h16H,5-15H2,1-4H3;8-9,13H,3-7H2,1-2H3;. The van der Waals surface area contributed by atoms with Gasteiger partial charge in [-0.1, -0.05) is 0 Å². The van der Waals surface area contributed by atoms with Crippen LogP contribution in [-0.2, 0) is 19.1 Å². The molecule has 0 bridgehead atoms. The summed E-state index contributed by atoms with van der Waals surface area (Å²) < 4.78 is 10.7. The summed E-state index contributed by atoms with van der Waals surface area (Å²) >= 11 is 4.87. The first-order valence-corrected chi connectivity index (χ1v) is 18.8. The Morgan fingerprint density at radius 3 is 1.80 bits per heavy atom. The van der Waals surface area contributed by atoms with Crippen molar-refractivity contribution in [3.8, 4) is 0 Å². The number of thioether (sulfide) groups is 1. The van der Waals surface area contributed by atoms with Gasteiger partial charge < -0.3 is 0 Å². The van der Waals surface area contributed by atoms with E-state index in [-0.39, 0.29) is 11.9 Å². The number of hydrogen-bond donors (Lipinski definition) is 1. The molecule has 4 unspecified atom stereocenters. The molecule has 0 spiro atoms. The molecule has 0 aromatic carbocycles. The molecule has 2 radical (unpaired) electrons. The first kappa shape index (κ1) is 35.4. The Bertz CT molecular complexity index is 549. The zero-order chi connectivity index (χ0) is 26.5. The molecule has 7 heteroatoms. The second kappa shape index (κ2) is 22.4. The van der Waals surface area contributed by atoms with Crippen LogP contribution in [0.2, 0.25) is 0 Å². The Balaban J connectivity index is 5.43. The Morgan fingerprint density at radius 1 is 0.800 bits per heavy atom. The zero-order valence-electron chi connectivity index (χ0n) is 23.5. The van der Waals surface area contributed by atoms with E-state index in [1.54, 1.807) is 11.8 Å². The Hall–Kier alpha value is 0.439. The molecule has 4 nitrogen and oxygen atoms in total. The number of thiol groups is 1. The van der Waals surface area contributed by atoms with E-state index in [1.165, 1.54) is 6.42 Å². The molecule has 4 atom stereocenters. The van der Waals surface area contributed by atoms with Gasteiger partial charge in [0.1, 0.15) is 0 Å². The Kier molecular flexibility index (Phi) is 22.7. The van der Waals surface area contributed by atoms with Gasteiger partial charge in [0.05, 0.1) is 0 Å². The van der Waals surface area contributed by atoms with E-state index >= 15 is 0 Å². The first-order chi connectivity index (χ1) is 16.8. The summed E-state index contributed by atoms with van der Waals surface area (Å²) in [6, 6.07) is 0. The summed E-state index contributed by atoms with van der Waals surface area (Å²) in [6.45, 7) is 14.0. The third kappa shape index (κ3) is 15.4. The molecule has 0 aliphatic rings. The van der Waals surface area contributed by atoms with Gasteiger partial charge in [0.15, 0.2) is 0 Å². The van der Waals surface area contributed by atoms with Gasteiger partial charge >= 0.3 is 238 Å². The summed E-state index contributed by atoms with van der Waals surface area (Å²) in [4.78, 5) is 26.6. The van der Waals surface area contributed by atoms with Gasteiger partial charge in [0.25, 0.3) is 0 Å². The molecule has 206 valence electrons. The van der Waals surface area contributed by atoms with Crippen LogP contribution in [-0.4, -0.2) is 58.1 Å². The summed E-state index contributed by atoms with van der Waals surface area (Å²) in [5, 5.41) is 0. The number of carbonyl (C=O) groups excluding carboxylic acids is 2. The van der Waals surface area contributed by atoms with Crippen molar-refractivity contribution in [3.05, 3.63) is 0 Å². The second-order valence-electron chi connectivity index (χ2n) is 9.74. The van der Waals surface area contributed by atoms with Crippen LogP contribution in [0.25, 0.3) is 0 Å². The molecule has 0 aliphatic carbocycles. The van der Waals surface area contributed by atoms with E-state index in [2.05, 4.69) is 41.5 Å². The Labute approximate surface area is 237 Å². The molecule has 0 aromatic rings. The number of hydrogen-bond acceptors (Lipinski definition) is 6. The van der Waals surface area contributed by atoms with Gasteiger partial charge in [0, 0.05) is 0 Å². The Morgan fingerprint density at radius 2 is 1.31 bits per heavy atom. The summed E-state index contributed by atoms with van der Waals surface area (Å²) in [5.74, 6) is 1.43. The van der Waals surface area contributed by atoms with Crippen molar-refractivity contribution in [2.24, 2.45) is 11.8 Å². The van der Waals surface area contributed by atoms with E-state index in [1.807, 2.05) is 0 Å². The number of rotatable bonds is 23. The van der Waals surface area contributed by atoms with Crippen molar-refractivity contribution >= 4 is 57.5 Å². The van der Waals surface area contributed by atoms with Crippen molar-refractivity contribution in [1.29, 1.82) is 0 Å². The van der Waals surface area contributed by atoms with Crippen molar-refractivity contribution in [2.75, 3.05) is 19.0 Å². The topological polar surface area (TPSA) is 52.6 Å². The monoisotopic (exact) mass is 638 g/mol. The minimum absolute atomic E-state index is 0.0881. The second-order valence-corrected chi connectivity index (χ2v) is 19.0. The predicted molar refractivity (Wildman–Crippen MR) is 157 cm³/mol. The fourth-order valence-corrected chi connectivity index (χ4v) is 13.0. The number of ether oxygens (including phenoxy) is 2. The summed E-state index contributed by atoms with van der Waals surface area (Å²) in [7, 11) is 0. The maximum atomic E-state index is 13.7. The van der Waals surface area contributed by atoms with Crippen molar-refractivity contribution in [3.63, 3.8) is 0 Å². The molecule has 0 saturated carbocycles. The predicted octanol–water partition coefficient (Wildman–Crippen LogP) is 7.89. The third-order valence-corrected chi connectivity index (χ3v) is 15.2. The van der Waals surface area contributed by atoms with Crippen LogP contribution in [0, 0.1) is 11.8 Å². The number of esters is 2. The molecule has 0 rings (SSSR count). The average Bonchev–Trinajstić information content (AvgIpc) is 2.87. The zero-order valence-corrected chi connectivity index (χ0v) is 28.1. The molecule has 0 heterocycles. The average molecular weight is 638 g/mol. The van der Waals surface area contributed by atoms with Gasteiger partial charge in [-0.25, -0.2) is 0 Å². The van der Waals surface area contributed by atoms with Crippen LogP contribution < -0.4 is 0 Å². The SMILES string of the molecule is CCCCS[C](CCCC)([Sn][CH](S)C(=O)OCC(CC)CCCC)C(=O)OCC(CC)CCCC. The molecule has 0 saturated heterocycles. The number of carbonyl (C=O) groups is 2.